The molecule has 0 aromatic rings. The molecular formula is C13H25NO6. The Bertz CT molecular complexity index is 329. The van der Waals surface area contributed by atoms with Crippen LogP contribution in [0.5, 0.6) is 0 Å². The Hall–Kier alpha value is -0.730. The molecule has 5 atom stereocenters. The van der Waals surface area contributed by atoms with Gasteiger partial charge in [-0.1, -0.05) is 20.8 Å². The summed E-state index contributed by atoms with van der Waals surface area (Å²) in [7, 11) is 0. The fourth-order valence-electron chi connectivity index (χ4n) is 1.95. The lowest BCUT2D eigenvalue weighted by Gasteiger charge is -2.42. The van der Waals surface area contributed by atoms with Crippen molar-refractivity contribution < 1.29 is 29.6 Å². The Morgan fingerprint density at radius 3 is 2.35 bits per heavy atom. The van der Waals surface area contributed by atoms with E-state index in [2.05, 4.69) is 5.32 Å². The van der Waals surface area contributed by atoms with Crippen LogP contribution >= 0.6 is 0 Å². The van der Waals surface area contributed by atoms with E-state index in [1.165, 1.54) is 6.92 Å². The lowest BCUT2D eigenvalue weighted by Crippen LogP contribution is -2.64. The predicted octanol–water partition coefficient (Wildman–Crippen LogP) is -1.01. The molecule has 0 saturated carbocycles. The highest BCUT2D eigenvalue weighted by Gasteiger charge is 2.45. The minimum Gasteiger partial charge on any atom is -0.394 e. The van der Waals surface area contributed by atoms with Crippen LogP contribution in [0.1, 0.15) is 27.7 Å². The van der Waals surface area contributed by atoms with Crippen LogP contribution in [0.2, 0.25) is 0 Å². The number of hydrogen-bond donors (Lipinski definition) is 4. The lowest BCUT2D eigenvalue weighted by molar-refractivity contribution is -0.274. The fraction of sp³-hybridized carbons (Fsp3) is 0.923. The van der Waals surface area contributed by atoms with Crippen LogP contribution in [-0.2, 0) is 14.3 Å². The van der Waals surface area contributed by atoms with Gasteiger partial charge in [-0.3, -0.25) is 4.79 Å². The van der Waals surface area contributed by atoms with E-state index in [1.54, 1.807) is 0 Å². The van der Waals surface area contributed by atoms with E-state index >= 15 is 0 Å². The van der Waals surface area contributed by atoms with E-state index in [9.17, 15) is 15.0 Å². The van der Waals surface area contributed by atoms with E-state index in [0.717, 1.165) is 0 Å². The van der Waals surface area contributed by atoms with E-state index < -0.39 is 37.3 Å². The van der Waals surface area contributed by atoms with Crippen LogP contribution < -0.4 is 5.32 Å². The van der Waals surface area contributed by atoms with Gasteiger partial charge in [0, 0.05) is 6.92 Å². The molecule has 1 fully saturated rings. The number of nitrogens with one attached hydrogen (secondary N) is 1. The highest BCUT2D eigenvalue weighted by Crippen LogP contribution is 2.24. The molecule has 0 bridgehead atoms. The summed E-state index contributed by atoms with van der Waals surface area (Å²) in [6.45, 7) is 7.11. The number of carbonyl (C=O) groups is 1. The molecule has 0 aromatic carbocycles. The van der Waals surface area contributed by atoms with Gasteiger partial charge in [-0.2, -0.15) is 0 Å². The number of ether oxygens (including phenoxy) is 2. The van der Waals surface area contributed by atoms with E-state index in [-0.39, 0.29) is 11.3 Å². The second kappa shape index (κ2) is 6.82. The number of amides is 1. The summed E-state index contributed by atoms with van der Waals surface area (Å²) in [5.74, 6) is -0.364. The lowest BCUT2D eigenvalue weighted by atomic mass is 9.96. The molecule has 7 nitrogen and oxygen atoms in total. The van der Waals surface area contributed by atoms with Gasteiger partial charge in [0.25, 0.3) is 0 Å². The average Bonchev–Trinajstić information content (AvgIpc) is 2.32. The van der Waals surface area contributed by atoms with Crippen molar-refractivity contribution in [3.63, 3.8) is 0 Å². The topological polar surface area (TPSA) is 108 Å². The van der Waals surface area contributed by atoms with Crippen molar-refractivity contribution in [3.8, 4) is 0 Å². The first-order valence-electron chi connectivity index (χ1n) is 6.67. The smallest absolute Gasteiger partial charge is 0.217 e. The molecule has 2 unspecified atom stereocenters. The Labute approximate surface area is 118 Å². The Balaban J connectivity index is 2.80. The summed E-state index contributed by atoms with van der Waals surface area (Å²) in [6.07, 6.45) is -4.42. The van der Waals surface area contributed by atoms with Gasteiger partial charge in [0.2, 0.25) is 5.91 Å². The number of aliphatic hydroxyl groups excluding tert-OH is 3. The summed E-state index contributed by atoms with van der Waals surface area (Å²) < 4.78 is 11.0. The van der Waals surface area contributed by atoms with Crippen LogP contribution in [0, 0.1) is 5.41 Å². The molecule has 0 aromatic heterocycles. The summed E-state index contributed by atoms with van der Waals surface area (Å²) in [5.41, 5.74) is -0.125. The van der Waals surface area contributed by atoms with Crippen molar-refractivity contribution in [1.82, 2.24) is 5.32 Å². The summed E-state index contributed by atoms with van der Waals surface area (Å²) in [4.78, 5) is 11.2. The second-order valence-corrected chi connectivity index (χ2v) is 6.30. The molecule has 1 rings (SSSR count). The number of hydrogen-bond acceptors (Lipinski definition) is 6. The van der Waals surface area contributed by atoms with Crippen LogP contribution in [0.25, 0.3) is 0 Å². The van der Waals surface area contributed by atoms with Gasteiger partial charge in [-0.25, -0.2) is 0 Å². The first-order chi connectivity index (χ1) is 9.15. The third-order valence-corrected chi connectivity index (χ3v) is 2.93. The largest absolute Gasteiger partial charge is 0.394 e. The van der Waals surface area contributed by atoms with E-state index in [1.807, 2.05) is 20.8 Å². The maximum Gasteiger partial charge on any atom is 0.217 e. The summed E-state index contributed by atoms with van der Waals surface area (Å²) >= 11 is 0. The third-order valence-electron chi connectivity index (χ3n) is 2.93. The molecule has 0 aliphatic carbocycles. The van der Waals surface area contributed by atoms with Gasteiger partial charge >= 0.3 is 0 Å². The average molecular weight is 291 g/mol. The van der Waals surface area contributed by atoms with Gasteiger partial charge in [-0.15, -0.1) is 0 Å². The highest BCUT2D eigenvalue weighted by atomic mass is 16.7. The Morgan fingerprint density at radius 1 is 1.30 bits per heavy atom. The summed E-state index contributed by atoms with van der Waals surface area (Å²) in [5, 5.41) is 31.5. The first kappa shape index (κ1) is 17.3. The minimum absolute atomic E-state index is 0.125. The Morgan fingerprint density at radius 2 is 1.90 bits per heavy atom. The van der Waals surface area contributed by atoms with Gasteiger partial charge in [0.05, 0.1) is 13.2 Å². The molecule has 1 heterocycles. The minimum atomic E-state index is -1.29. The third kappa shape index (κ3) is 4.68. The molecule has 7 heteroatoms. The quantitative estimate of drug-likeness (QED) is 0.529. The van der Waals surface area contributed by atoms with Gasteiger partial charge < -0.3 is 30.1 Å². The molecule has 1 amide bonds. The zero-order chi connectivity index (χ0) is 15.5. The summed E-state index contributed by atoms with van der Waals surface area (Å²) in [6, 6.07) is -0.882. The molecule has 1 aliphatic heterocycles. The van der Waals surface area contributed by atoms with Crippen molar-refractivity contribution >= 4 is 5.91 Å². The molecule has 118 valence electrons. The van der Waals surface area contributed by atoms with Crippen LogP contribution in [0.3, 0.4) is 0 Å². The van der Waals surface area contributed by atoms with E-state index in [0.29, 0.717) is 6.61 Å². The maximum absolute atomic E-state index is 11.2. The molecular weight excluding hydrogens is 266 g/mol. The van der Waals surface area contributed by atoms with Crippen LogP contribution in [-0.4, -0.2) is 65.1 Å². The Kier molecular flexibility index (Phi) is 5.91. The zero-order valence-electron chi connectivity index (χ0n) is 12.4. The standard InChI is InChI=1S/C13H25NO6/c1-7(16)14-9-11(18)10(17)8(5-15)20-12(9)19-6-13(2,3)4/h8-12,15,17-18H,5-6H2,1-4H3,(H,14,16)/t8?,9?,10-,11-,12-/m1/s1. The van der Waals surface area contributed by atoms with Gasteiger partial charge in [0.15, 0.2) is 6.29 Å². The highest BCUT2D eigenvalue weighted by molar-refractivity contribution is 5.73. The van der Waals surface area contributed by atoms with Crippen molar-refractivity contribution in [2.75, 3.05) is 13.2 Å². The maximum atomic E-state index is 11.2. The number of aliphatic hydroxyl groups is 3. The van der Waals surface area contributed by atoms with Gasteiger partial charge in [0.1, 0.15) is 24.4 Å². The molecule has 0 spiro atoms. The first-order valence-corrected chi connectivity index (χ1v) is 6.67. The molecule has 1 saturated heterocycles. The molecule has 0 radical (unpaired) electrons. The van der Waals surface area contributed by atoms with Crippen LogP contribution in [0.15, 0.2) is 0 Å². The van der Waals surface area contributed by atoms with Crippen LogP contribution in [0.4, 0.5) is 0 Å². The molecule has 20 heavy (non-hydrogen) atoms. The zero-order valence-corrected chi connectivity index (χ0v) is 12.4. The normalized spacial score (nSPS) is 34.9. The van der Waals surface area contributed by atoms with Crippen molar-refractivity contribution in [3.05, 3.63) is 0 Å². The van der Waals surface area contributed by atoms with Crippen molar-refractivity contribution in [2.45, 2.75) is 58.3 Å². The SMILES string of the molecule is CC(=O)NC1[C@H](OCC(C)(C)C)OC(CO)[C@@H](O)[C@@H]1O. The van der Waals surface area contributed by atoms with Crippen molar-refractivity contribution in [1.29, 1.82) is 0 Å². The number of carbonyl (C=O) groups excluding carboxylic acids is 1. The number of rotatable bonds is 4. The van der Waals surface area contributed by atoms with Gasteiger partial charge in [-0.05, 0) is 5.41 Å². The van der Waals surface area contributed by atoms with Crippen molar-refractivity contribution in [2.24, 2.45) is 5.41 Å². The van der Waals surface area contributed by atoms with E-state index in [4.69, 9.17) is 14.6 Å². The second-order valence-electron chi connectivity index (χ2n) is 6.30. The predicted molar refractivity (Wildman–Crippen MR) is 70.8 cm³/mol. The fourth-order valence-corrected chi connectivity index (χ4v) is 1.95. The molecule has 4 N–H and O–H groups in total. The molecule has 1 aliphatic rings. The monoisotopic (exact) mass is 291 g/mol.